The number of rotatable bonds is 3. The van der Waals surface area contributed by atoms with Crippen LogP contribution in [0.25, 0.3) is 0 Å². The third-order valence-electron chi connectivity index (χ3n) is 1.86. The molecule has 1 amide bonds. The molecule has 5 heteroatoms. The van der Waals surface area contributed by atoms with Crippen LogP contribution in [0, 0.1) is 5.82 Å². The van der Waals surface area contributed by atoms with Gasteiger partial charge in [-0.05, 0) is 25.1 Å². The van der Waals surface area contributed by atoms with Gasteiger partial charge in [-0.2, -0.15) is 0 Å². The van der Waals surface area contributed by atoms with E-state index in [-0.39, 0.29) is 17.5 Å². The van der Waals surface area contributed by atoms with E-state index in [9.17, 15) is 9.18 Å². The minimum absolute atomic E-state index is 0.125. The Balaban J connectivity index is 2.82. The maximum atomic E-state index is 13.0. The zero-order valence-electron chi connectivity index (χ0n) is 8.26. The highest BCUT2D eigenvalue weighted by Crippen LogP contribution is 2.14. The number of nitrogens with one attached hydrogen (secondary N) is 1. The summed E-state index contributed by atoms with van der Waals surface area (Å²) in [5.41, 5.74) is 5.64. The predicted octanol–water partition coefficient (Wildman–Crippen LogP) is 1.67. The average Bonchev–Trinajstić information content (AvgIpc) is 2.16. The van der Waals surface area contributed by atoms with Crippen LogP contribution >= 0.6 is 15.9 Å². The van der Waals surface area contributed by atoms with Gasteiger partial charge in [0, 0.05) is 22.6 Å². The summed E-state index contributed by atoms with van der Waals surface area (Å²) in [5, 5.41) is 2.65. The van der Waals surface area contributed by atoms with Crippen molar-refractivity contribution in [1.29, 1.82) is 0 Å². The molecule has 82 valence electrons. The van der Waals surface area contributed by atoms with Crippen LogP contribution < -0.4 is 11.1 Å². The van der Waals surface area contributed by atoms with Crippen molar-refractivity contribution in [2.45, 2.75) is 13.0 Å². The SMILES string of the molecule is C[C@@H](CN)NC(=O)c1cc(F)cc(Br)c1. The van der Waals surface area contributed by atoms with E-state index in [1.54, 1.807) is 13.0 Å². The summed E-state index contributed by atoms with van der Waals surface area (Å²) >= 11 is 3.12. The van der Waals surface area contributed by atoms with Crippen LogP contribution in [0.3, 0.4) is 0 Å². The summed E-state index contributed by atoms with van der Waals surface area (Å²) in [6, 6.07) is 3.91. The fourth-order valence-electron chi connectivity index (χ4n) is 1.05. The second kappa shape index (κ2) is 5.23. The van der Waals surface area contributed by atoms with Gasteiger partial charge < -0.3 is 11.1 Å². The molecule has 0 saturated carbocycles. The molecule has 1 rings (SSSR count). The number of halogens is 2. The van der Waals surface area contributed by atoms with E-state index in [0.29, 0.717) is 11.0 Å². The summed E-state index contributed by atoms with van der Waals surface area (Å²) < 4.78 is 13.5. The Hall–Kier alpha value is -0.940. The maximum absolute atomic E-state index is 13.0. The molecule has 15 heavy (non-hydrogen) atoms. The smallest absolute Gasteiger partial charge is 0.251 e. The Morgan fingerprint density at radius 3 is 2.80 bits per heavy atom. The topological polar surface area (TPSA) is 55.1 Å². The van der Waals surface area contributed by atoms with Gasteiger partial charge in [0.15, 0.2) is 0 Å². The van der Waals surface area contributed by atoms with Crippen LogP contribution in [0.4, 0.5) is 4.39 Å². The zero-order valence-corrected chi connectivity index (χ0v) is 9.84. The van der Waals surface area contributed by atoms with E-state index in [0.717, 1.165) is 0 Å². The average molecular weight is 275 g/mol. The molecule has 0 aliphatic heterocycles. The maximum Gasteiger partial charge on any atom is 0.251 e. The van der Waals surface area contributed by atoms with Gasteiger partial charge in [0.25, 0.3) is 5.91 Å². The highest BCUT2D eigenvalue weighted by Gasteiger charge is 2.10. The van der Waals surface area contributed by atoms with Crippen molar-refractivity contribution < 1.29 is 9.18 Å². The van der Waals surface area contributed by atoms with Crippen LogP contribution in [0.5, 0.6) is 0 Å². The lowest BCUT2D eigenvalue weighted by molar-refractivity contribution is 0.0940. The number of amides is 1. The number of carbonyl (C=O) groups is 1. The summed E-state index contributed by atoms with van der Waals surface area (Å²) in [6.45, 7) is 2.13. The largest absolute Gasteiger partial charge is 0.348 e. The molecule has 0 saturated heterocycles. The lowest BCUT2D eigenvalue weighted by Gasteiger charge is -2.11. The normalized spacial score (nSPS) is 12.3. The molecule has 1 aromatic rings. The summed E-state index contributed by atoms with van der Waals surface area (Å²) in [5.74, 6) is -0.775. The van der Waals surface area contributed by atoms with E-state index in [4.69, 9.17) is 5.73 Å². The van der Waals surface area contributed by atoms with Crippen LogP contribution in [0.1, 0.15) is 17.3 Å². The highest BCUT2D eigenvalue weighted by atomic mass is 79.9. The highest BCUT2D eigenvalue weighted by molar-refractivity contribution is 9.10. The van der Waals surface area contributed by atoms with Crippen molar-refractivity contribution in [3.05, 3.63) is 34.1 Å². The third kappa shape index (κ3) is 3.60. The Morgan fingerprint density at radius 2 is 2.27 bits per heavy atom. The molecule has 0 aliphatic carbocycles. The summed E-state index contributed by atoms with van der Waals surface area (Å²) in [7, 11) is 0. The second-order valence-corrected chi connectivity index (χ2v) is 4.18. The molecule has 0 heterocycles. The van der Waals surface area contributed by atoms with Crippen LogP contribution in [-0.4, -0.2) is 18.5 Å². The number of benzene rings is 1. The van der Waals surface area contributed by atoms with Crippen LogP contribution in [0.2, 0.25) is 0 Å². The fourth-order valence-corrected chi connectivity index (χ4v) is 1.52. The van der Waals surface area contributed by atoms with Crippen molar-refractivity contribution >= 4 is 21.8 Å². The molecule has 3 N–H and O–H groups in total. The second-order valence-electron chi connectivity index (χ2n) is 3.27. The lowest BCUT2D eigenvalue weighted by atomic mass is 10.2. The zero-order chi connectivity index (χ0) is 11.4. The van der Waals surface area contributed by atoms with Gasteiger partial charge in [0.1, 0.15) is 5.82 Å². The first-order chi connectivity index (χ1) is 7.02. The van der Waals surface area contributed by atoms with Crippen molar-refractivity contribution in [1.82, 2.24) is 5.32 Å². The van der Waals surface area contributed by atoms with E-state index < -0.39 is 5.82 Å². The molecule has 1 aromatic carbocycles. The molecular weight excluding hydrogens is 263 g/mol. The fraction of sp³-hybridized carbons (Fsp3) is 0.300. The molecule has 0 aliphatic rings. The van der Waals surface area contributed by atoms with Crippen molar-refractivity contribution in [2.24, 2.45) is 5.73 Å². The number of hydrogen-bond acceptors (Lipinski definition) is 2. The van der Waals surface area contributed by atoms with Gasteiger partial charge in [-0.3, -0.25) is 4.79 Å². The van der Waals surface area contributed by atoms with Gasteiger partial charge in [-0.25, -0.2) is 4.39 Å². The molecular formula is C10H12BrFN2O. The van der Waals surface area contributed by atoms with Gasteiger partial charge in [0.2, 0.25) is 0 Å². The first-order valence-electron chi connectivity index (χ1n) is 4.50. The van der Waals surface area contributed by atoms with E-state index in [2.05, 4.69) is 21.2 Å². The Kier molecular flexibility index (Phi) is 4.23. The van der Waals surface area contributed by atoms with Crippen molar-refractivity contribution in [2.75, 3.05) is 6.54 Å². The first-order valence-corrected chi connectivity index (χ1v) is 5.29. The lowest BCUT2D eigenvalue weighted by Crippen LogP contribution is -2.37. The standard InChI is InChI=1S/C10H12BrFN2O/c1-6(5-13)14-10(15)7-2-8(11)4-9(12)3-7/h2-4,6H,5,13H2,1H3,(H,14,15)/t6-/m0/s1. The van der Waals surface area contributed by atoms with E-state index >= 15 is 0 Å². The molecule has 0 fully saturated rings. The van der Waals surface area contributed by atoms with E-state index in [1.165, 1.54) is 12.1 Å². The molecule has 0 spiro atoms. The number of carbonyl (C=O) groups excluding carboxylic acids is 1. The van der Waals surface area contributed by atoms with Crippen LogP contribution in [-0.2, 0) is 0 Å². The molecule has 0 aromatic heterocycles. The minimum Gasteiger partial charge on any atom is -0.348 e. The van der Waals surface area contributed by atoms with Gasteiger partial charge in [-0.1, -0.05) is 15.9 Å². The number of hydrogen-bond donors (Lipinski definition) is 2. The van der Waals surface area contributed by atoms with Crippen molar-refractivity contribution in [3.63, 3.8) is 0 Å². The molecule has 0 unspecified atom stereocenters. The monoisotopic (exact) mass is 274 g/mol. The molecule has 1 atom stereocenters. The quantitative estimate of drug-likeness (QED) is 0.881. The number of nitrogens with two attached hydrogens (primary N) is 1. The summed E-state index contributed by atoms with van der Waals surface area (Å²) in [6.07, 6.45) is 0. The van der Waals surface area contributed by atoms with Gasteiger partial charge >= 0.3 is 0 Å². The van der Waals surface area contributed by atoms with Crippen molar-refractivity contribution in [3.8, 4) is 0 Å². The first kappa shape index (κ1) is 12.1. The van der Waals surface area contributed by atoms with Crippen LogP contribution in [0.15, 0.2) is 22.7 Å². The molecule has 3 nitrogen and oxygen atoms in total. The van der Waals surface area contributed by atoms with E-state index in [1.807, 2.05) is 0 Å². The third-order valence-corrected chi connectivity index (χ3v) is 2.31. The van der Waals surface area contributed by atoms with Gasteiger partial charge in [-0.15, -0.1) is 0 Å². The molecule has 0 radical (unpaired) electrons. The predicted molar refractivity (Wildman–Crippen MR) is 60.1 cm³/mol. The Morgan fingerprint density at radius 1 is 1.60 bits per heavy atom. The Bertz CT molecular complexity index is 350. The molecule has 0 bridgehead atoms. The summed E-state index contributed by atoms with van der Waals surface area (Å²) in [4.78, 5) is 11.6. The van der Waals surface area contributed by atoms with Gasteiger partial charge in [0.05, 0.1) is 0 Å². The minimum atomic E-state index is -0.449. The Labute approximate surface area is 96.0 Å².